The van der Waals surface area contributed by atoms with E-state index in [1.54, 1.807) is 94.4 Å². The van der Waals surface area contributed by atoms with Crippen LogP contribution < -0.4 is 37.1 Å². The number of nitrogens with one attached hydrogen (secondary N) is 3. The van der Waals surface area contributed by atoms with Gasteiger partial charge in [0.1, 0.15) is 94.5 Å². The molecule has 16 N–H and O–H groups in total. The predicted molar refractivity (Wildman–Crippen MR) is 519 cm³/mol. The Morgan fingerprint density at radius 2 is 1.05 bits per heavy atom. The number of fused-ring (bicyclic) bond motifs is 9. The van der Waals surface area contributed by atoms with Crippen molar-refractivity contribution in [3.63, 3.8) is 0 Å². The summed E-state index contributed by atoms with van der Waals surface area (Å²) in [5, 5.41) is 125. The van der Waals surface area contributed by atoms with Crippen LogP contribution in [-0.4, -0.2) is 265 Å². The number of aromatic hydroxyl groups is 4. The van der Waals surface area contributed by atoms with Gasteiger partial charge in [-0.05, 0) is 94.0 Å². The number of hydrogen-bond donors (Lipinski definition) is 14. The van der Waals surface area contributed by atoms with Crippen LogP contribution in [0.3, 0.4) is 0 Å². The molecule has 2 bridgehead atoms. The van der Waals surface area contributed by atoms with E-state index >= 15 is 24.0 Å². The standard InChI is InChI=1S/C107H119N7O35/c1-47-67(146-98(128)94(83(110-52(6)115)55-26-18-14-19-27-55)148-102(131)113-111-51(5)105(132)40-60-76(68(43-105)144-72-38-63(108)84(117)48(2)140-72)92(125)80-78(88(60)121)86(119)58-30-22-32-65(135-11)74(58)90(80)123)45-107(134)96(149-97(127)56-28-20-15-21-29-56)62-36-57(137-34-35-138-100-50(4)142-100)37-71(104(62,10)42-70(143-53(7)116)82(47)103(107,8)9)147-101(130)114-112-95(99(129)139-46-54-24-16-13-17-25-54)106(133)41-61-77(69(44-106)145-73-39-64(109)85(118)49(3)141-73)93(126)81-79(89(61)122)87(120)59-31-23-33-66(136-12)75(59)91(81)124/h13-33,48-50,57,62-64,67-73,83-85,94,96,100,117-118,121-122,125-126,132-134H,34-46,108-109H2,1-12H3,(H,110,115)(H,113,131)(H,114,130)/b111-51+,112-95+/t48-,49-,50?,57+,62+,63-,64-,67+,68+,69+,70+,71+,72-,73-,83-,84+,85+,94+,96+,100?,104+,105+,106+,107-/m1/s1. The summed E-state index contributed by atoms with van der Waals surface area (Å²) in [7, 11) is 2.53. The van der Waals surface area contributed by atoms with Gasteiger partial charge in [0.2, 0.25) is 23.6 Å². The van der Waals surface area contributed by atoms with Crippen molar-refractivity contribution in [3.8, 4) is 34.5 Å². The number of rotatable bonds is 28. The zero-order valence-corrected chi connectivity index (χ0v) is 83.6. The quantitative estimate of drug-likeness (QED) is 0.00323. The highest BCUT2D eigenvalue weighted by Gasteiger charge is 2.69. The fourth-order valence-electron chi connectivity index (χ4n) is 22.8. The summed E-state index contributed by atoms with van der Waals surface area (Å²) in [5.74, 6) is -14.3. The van der Waals surface area contributed by atoms with E-state index in [4.69, 9.17) is 82.5 Å². The van der Waals surface area contributed by atoms with Gasteiger partial charge in [0.15, 0.2) is 36.1 Å². The van der Waals surface area contributed by atoms with Crippen LogP contribution in [0.1, 0.15) is 246 Å². The minimum Gasteiger partial charge on any atom is -0.507 e. The molecule has 24 atom stereocenters. The minimum absolute atomic E-state index is 0.0197. The largest absolute Gasteiger partial charge is 0.507 e. The number of ketones is 4. The number of aliphatic hydroxyl groups is 5. The average molecular weight is 2060 g/mol. The molecular weight excluding hydrogens is 1940 g/mol. The molecular formula is C107H119N7O35. The average Bonchev–Trinajstić information content (AvgIpc) is 1.20. The smallest absolute Gasteiger partial charge is 0.428 e. The molecule has 42 heteroatoms. The molecule has 5 fully saturated rings. The number of hydrazone groups is 2. The Bertz CT molecular complexity index is 6550. The molecule has 149 heavy (non-hydrogen) atoms. The number of carbonyl (C=O) groups is 11. The van der Waals surface area contributed by atoms with Crippen LogP contribution in [0.5, 0.6) is 34.5 Å². The Kier molecular flexibility index (Phi) is 30.2. The Morgan fingerprint density at radius 3 is 1.57 bits per heavy atom. The lowest BCUT2D eigenvalue weighted by Crippen LogP contribution is -2.69. The minimum atomic E-state index is -2.86. The third kappa shape index (κ3) is 20.2. The molecule has 3 amide bonds. The third-order valence-electron chi connectivity index (χ3n) is 30.6. The summed E-state index contributed by atoms with van der Waals surface area (Å²) in [5.41, 5.74) is 0.186. The van der Waals surface area contributed by atoms with Gasteiger partial charge in [-0.3, -0.25) is 28.8 Å². The number of esters is 4. The van der Waals surface area contributed by atoms with Crippen molar-refractivity contribution < 1.29 is 170 Å². The summed E-state index contributed by atoms with van der Waals surface area (Å²) >= 11 is 0. The molecule has 10 aliphatic rings. The number of nitrogens with two attached hydrogens (primary N) is 2. The molecule has 0 radical (unpaired) electrons. The van der Waals surface area contributed by atoms with Gasteiger partial charge < -0.3 is 134 Å². The van der Waals surface area contributed by atoms with Crippen LogP contribution in [0.15, 0.2) is 149 Å². The lowest BCUT2D eigenvalue weighted by molar-refractivity contribution is -0.246. The number of nitrogens with zero attached hydrogens (tertiary/aromatic N) is 2. The number of aliphatic hydroxyl groups excluding tert-OH is 2. The van der Waals surface area contributed by atoms with Gasteiger partial charge in [-0.1, -0.05) is 124 Å². The number of amides is 3. The number of benzene rings is 7. The molecule has 3 saturated heterocycles. The first-order valence-corrected chi connectivity index (χ1v) is 49.0. The number of ether oxygens (including phenoxy) is 15. The highest BCUT2D eigenvalue weighted by atomic mass is 16.8. The van der Waals surface area contributed by atoms with E-state index in [0.29, 0.717) is 5.56 Å². The van der Waals surface area contributed by atoms with Gasteiger partial charge in [0.05, 0.1) is 115 Å². The van der Waals surface area contributed by atoms with Crippen LogP contribution in [0.2, 0.25) is 0 Å². The maximum Gasteiger partial charge on any atom is 0.428 e. The molecule has 792 valence electrons. The number of phenols is 4. The molecule has 7 aromatic rings. The predicted octanol–water partition coefficient (Wildman–Crippen LogP) is 7.95. The lowest BCUT2D eigenvalue weighted by Gasteiger charge is -2.62. The summed E-state index contributed by atoms with van der Waals surface area (Å²) in [6.07, 6.45) is -29.9. The molecule has 7 aromatic carbocycles. The maximum absolute atomic E-state index is 16.2. The molecule has 3 heterocycles. The first-order valence-electron chi connectivity index (χ1n) is 49.0. The van der Waals surface area contributed by atoms with E-state index in [1.165, 1.54) is 103 Å². The van der Waals surface area contributed by atoms with Crippen molar-refractivity contribution in [1.82, 2.24) is 16.2 Å². The third-order valence-corrected chi connectivity index (χ3v) is 30.6. The Balaban J connectivity index is 0.731. The molecule has 7 aliphatic carbocycles. The number of epoxide rings is 1. The van der Waals surface area contributed by atoms with Gasteiger partial charge in [0, 0.05) is 127 Å². The summed E-state index contributed by atoms with van der Waals surface area (Å²) < 4.78 is 93.1. The van der Waals surface area contributed by atoms with Gasteiger partial charge in [-0.15, -0.1) is 0 Å². The first-order chi connectivity index (χ1) is 70.7. The summed E-state index contributed by atoms with van der Waals surface area (Å²) in [4.78, 5) is 165. The Labute approximate surface area is 853 Å². The maximum atomic E-state index is 16.2. The number of hydrogen-bond acceptors (Lipinski definition) is 39. The van der Waals surface area contributed by atoms with Crippen molar-refractivity contribution in [2.24, 2.45) is 38.4 Å². The highest BCUT2D eigenvalue weighted by Crippen LogP contribution is 2.64. The summed E-state index contributed by atoms with van der Waals surface area (Å²) in [6.45, 7) is 13.8. The first kappa shape index (κ1) is 107. The number of carbonyl (C=O) groups excluding carboxylic acids is 11. The van der Waals surface area contributed by atoms with Crippen LogP contribution in [0.25, 0.3) is 0 Å². The van der Waals surface area contributed by atoms with Gasteiger partial charge in [-0.2, -0.15) is 10.2 Å². The van der Waals surface area contributed by atoms with Gasteiger partial charge in [-0.25, -0.2) is 34.8 Å². The second-order valence-corrected chi connectivity index (χ2v) is 40.3. The van der Waals surface area contributed by atoms with Crippen LogP contribution in [0, 0.1) is 16.7 Å². The zero-order valence-electron chi connectivity index (χ0n) is 83.6. The fraction of sp³-hybridized carbons (Fsp3) is 0.467. The van der Waals surface area contributed by atoms with E-state index in [1.807, 2.05) is 0 Å². The van der Waals surface area contributed by atoms with Crippen LogP contribution >= 0.6 is 0 Å². The van der Waals surface area contributed by atoms with Crippen LogP contribution in [0.4, 0.5) is 9.59 Å². The molecule has 0 spiro atoms. The second kappa shape index (κ2) is 42.1. The normalized spacial score (nSPS) is 30.1. The van der Waals surface area contributed by atoms with Crippen molar-refractivity contribution >= 4 is 76.5 Å². The fourth-order valence-corrected chi connectivity index (χ4v) is 22.8. The molecule has 0 aromatic heterocycles. The van der Waals surface area contributed by atoms with E-state index in [9.17, 15) is 74.7 Å². The molecule has 2 saturated carbocycles. The van der Waals surface area contributed by atoms with E-state index in [-0.39, 0.29) is 123 Å². The highest BCUT2D eigenvalue weighted by molar-refractivity contribution is 6.40. The van der Waals surface area contributed by atoms with Gasteiger partial charge >= 0.3 is 36.1 Å². The lowest BCUT2D eigenvalue weighted by atomic mass is 9.48. The van der Waals surface area contributed by atoms with Crippen molar-refractivity contribution in [2.75, 3.05) is 27.4 Å². The number of phenolic OH excluding ortho intramolecular Hbond substituents is 4. The molecule has 2 unspecified atom stereocenters. The Hall–Kier alpha value is -13.6. The SMILES string of the molecule is COc1cccc2c1C(=O)c1c(O)c3c(c(O)c1C2=O)C[C@@](O)(/C(=N/NC(=O)O[C@H]1C[C@@H](OCCOC2OC2C)C[C@H]2[C@H](OC(=O)c4ccccc4)[C@]4(O)C[C@H](OC(=O)[C@@H](OC(=O)N/N=C(\C)[C@]5(O)Cc6c(O)c7c(c(O)c6[C@@H](O[C@@H]6C[C@@H](N)[C@@H](O)[C@@H](C)O6)C5)C(=O)c5c(OC)cccc5C7=O)[C@H](NC(C)=O)c5ccccc5)C(C)=C([C@@H](OC(C)=O)C[C@]12C)C4(C)C)C(=O)OCc1ccccc1)C[C@@H]3O[C@@H]1C[C@@H](N)[C@@H](O)[C@@H](C)O1. The molecule has 17 rings (SSSR count). The summed E-state index contributed by atoms with van der Waals surface area (Å²) in [6, 6.07) is 28.2. The van der Waals surface area contributed by atoms with Crippen molar-refractivity contribution in [3.05, 3.63) is 222 Å². The van der Waals surface area contributed by atoms with E-state index in [0.717, 1.165) is 13.8 Å². The van der Waals surface area contributed by atoms with E-state index in [2.05, 4.69) is 26.4 Å². The Morgan fingerprint density at radius 1 is 0.537 bits per heavy atom. The second-order valence-electron chi connectivity index (χ2n) is 40.3. The van der Waals surface area contributed by atoms with Crippen molar-refractivity contribution in [1.29, 1.82) is 0 Å². The zero-order chi connectivity index (χ0) is 107. The molecule has 42 nitrogen and oxygen atoms in total. The van der Waals surface area contributed by atoms with Crippen LogP contribution in [-0.2, 0) is 100 Å². The molecule has 3 aliphatic heterocycles. The topological polar surface area (TPSA) is 624 Å². The number of methoxy groups -OCH3 is 2. The monoisotopic (exact) mass is 2060 g/mol. The van der Waals surface area contributed by atoms with E-state index < -0.39 is 311 Å². The van der Waals surface area contributed by atoms with Gasteiger partial charge in [0.25, 0.3) is 0 Å². The van der Waals surface area contributed by atoms with Crippen molar-refractivity contribution in [2.45, 2.75) is 273 Å².